The smallest absolute Gasteiger partial charge is 0.379 e. The van der Waals surface area contributed by atoms with Crippen LogP contribution in [0.2, 0.25) is 0 Å². The number of aryl methyl sites for hydroxylation is 1. The van der Waals surface area contributed by atoms with E-state index in [4.69, 9.17) is 4.74 Å². The normalized spacial score (nSPS) is 16.9. The molecule has 0 radical (unpaired) electrons. The van der Waals surface area contributed by atoms with Crippen LogP contribution >= 0.6 is 0 Å². The van der Waals surface area contributed by atoms with E-state index in [1.54, 1.807) is 0 Å². The number of hydrogen-bond donors (Lipinski definition) is 1. The molecule has 1 N–H and O–H groups in total. The SMILES string of the molecule is Cn1cccc1C(CNC(=O)c1ccc(C(F)(F)F)cc1)N1CCOCC1. The molecular formula is C19H22F3N3O2. The number of nitrogens with zero attached hydrogens (tertiary/aromatic N) is 2. The summed E-state index contributed by atoms with van der Waals surface area (Å²) in [4.78, 5) is 14.6. The number of aromatic nitrogens is 1. The highest BCUT2D eigenvalue weighted by Gasteiger charge is 2.30. The average Bonchev–Trinajstić information content (AvgIpc) is 3.08. The minimum Gasteiger partial charge on any atom is -0.379 e. The first-order chi connectivity index (χ1) is 12.9. The molecule has 0 bridgehead atoms. The van der Waals surface area contributed by atoms with Crippen molar-refractivity contribution < 1.29 is 22.7 Å². The Morgan fingerprint density at radius 1 is 1.19 bits per heavy atom. The highest BCUT2D eigenvalue weighted by molar-refractivity contribution is 5.94. The standard InChI is InChI=1S/C19H22F3N3O2/c1-24-8-2-3-16(24)17(25-9-11-27-12-10-25)13-23-18(26)14-4-6-15(7-5-14)19(20,21)22/h2-8,17H,9-13H2,1H3,(H,23,26). The van der Waals surface area contributed by atoms with Gasteiger partial charge in [-0.2, -0.15) is 13.2 Å². The van der Waals surface area contributed by atoms with E-state index < -0.39 is 17.6 Å². The fraction of sp³-hybridized carbons (Fsp3) is 0.421. The van der Waals surface area contributed by atoms with Crippen molar-refractivity contribution in [2.75, 3.05) is 32.8 Å². The highest BCUT2D eigenvalue weighted by atomic mass is 19.4. The molecular weight excluding hydrogens is 359 g/mol. The number of nitrogens with one attached hydrogen (secondary N) is 1. The number of halogens is 3. The number of carbonyl (C=O) groups is 1. The summed E-state index contributed by atoms with van der Waals surface area (Å²) in [6, 6.07) is 8.16. The highest BCUT2D eigenvalue weighted by Crippen LogP contribution is 2.29. The van der Waals surface area contributed by atoms with Gasteiger partial charge < -0.3 is 14.6 Å². The second-order valence-corrected chi connectivity index (χ2v) is 6.49. The van der Waals surface area contributed by atoms with Crippen LogP contribution in [-0.4, -0.2) is 48.2 Å². The minimum atomic E-state index is -4.41. The molecule has 0 aliphatic carbocycles. The fourth-order valence-corrected chi connectivity index (χ4v) is 3.23. The summed E-state index contributed by atoms with van der Waals surface area (Å²) < 4.78 is 45.4. The molecule has 3 rings (SSSR count). The largest absolute Gasteiger partial charge is 0.416 e. The van der Waals surface area contributed by atoms with Crippen molar-refractivity contribution in [1.29, 1.82) is 0 Å². The second-order valence-electron chi connectivity index (χ2n) is 6.49. The molecule has 5 nitrogen and oxygen atoms in total. The van der Waals surface area contributed by atoms with Gasteiger partial charge in [0.1, 0.15) is 0 Å². The molecule has 0 saturated carbocycles. The first-order valence-corrected chi connectivity index (χ1v) is 8.75. The molecule has 1 fully saturated rings. The summed E-state index contributed by atoms with van der Waals surface area (Å²) in [5, 5.41) is 2.85. The lowest BCUT2D eigenvalue weighted by Crippen LogP contribution is -2.44. The van der Waals surface area contributed by atoms with Gasteiger partial charge in [0, 0.05) is 44.1 Å². The quantitative estimate of drug-likeness (QED) is 0.867. The molecule has 2 aromatic rings. The van der Waals surface area contributed by atoms with Gasteiger partial charge >= 0.3 is 6.18 Å². The Labute approximate surface area is 155 Å². The fourth-order valence-electron chi connectivity index (χ4n) is 3.23. The summed E-state index contributed by atoms with van der Waals surface area (Å²) in [5.74, 6) is -0.392. The molecule has 1 aliphatic rings. The van der Waals surface area contributed by atoms with Crippen LogP contribution in [0.4, 0.5) is 13.2 Å². The van der Waals surface area contributed by atoms with E-state index in [-0.39, 0.29) is 11.6 Å². The maximum absolute atomic E-state index is 12.7. The lowest BCUT2D eigenvalue weighted by atomic mass is 10.1. The zero-order valence-electron chi connectivity index (χ0n) is 15.0. The van der Waals surface area contributed by atoms with E-state index in [2.05, 4.69) is 10.2 Å². The van der Waals surface area contributed by atoms with E-state index in [0.29, 0.717) is 19.8 Å². The number of amides is 1. The first kappa shape index (κ1) is 19.4. The minimum absolute atomic E-state index is 0.0349. The first-order valence-electron chi connectivity index (χ1n) is 8.75. The van der Waals surface area contributed by atoms with Gasteiger partial charge in [-0.15, -0.1) is 0 Å². The molecule has 1 atom stereocenters. The molecule has 1 aromatic heterocycles. The number of hydrogen-bond acceptors (Lipinski definition) is 3. The number of morpholine rings is 1. The third-order valence-corrected chi connectivity index (χ3v) is 4.74. The molecule has 2 heterocycles. The van der Waals surface area contributed by atoms with Crippen molar-refractivity contribution in [3.05, 3.63) is 59.4 Å². The van der Waals surface area contributed by atoms with E-state index in [9.17, 15) is 18.0 Å². The predicted molar refractivity (Wildman–Crippen MR) is 94.3 cm³/mol. The zero-order valence-corrected chi connectivity index (χ0v) is 15.0. The van der Waals surface area contributed by atoms with Crippen LogP contribution in [0, 0.1) is 0 Å². The van der Waals surface area contributed by atoms with Crippen molar-refractivity contribution in [1.82, 2.24) is 14.8 Å². The van der Waals surface area contributed by atoms with Gasteiger partial charge in [0.15, 0.2) is 0 Å². The molecule has 27 heavy (non-hydrogen) atoms. The molecule has 0 spiro atoms. The number of alkyl halides is 3. The second kappa shape index (κ2) is 8.14. The molecule has 1 unspecified atom stereocenters. The molecule has 1 saturated heterocycles. The van der Waals surface area contributed by atoms with Gasteiger partial charge in [-0.05, 0) is 36.4 Å². The molecule has 146 valence electrons. The molecule has 8 heteroatoms. The van der Waals surface area contributed by atoms with E-state index >= 15 is 0 Å². The van der Waals surface area contributed by atoms with Crippen molar-refractivity contribution in [2.45, 2.75) is 12.2 Å². The van der Waals surface area contributed by atoms with Gasteiger partial charge in [0.2, 0.25) is 0 Å². The number of carbonyl (C=O) groups excluding carboxylic acids is 1. The van der Waals surface area contributed by atoms with Gasteiger partial charge in [-0.25, -0.2) is 0 Å². The van der Waals surface area contributed by atoms with Crippen LogP contribution in [0.3, 0.4) is 0 Å². The summed E-state index contributed by atoms with van der Waals surface area (Å²) in [5.41, 5.74) is 0.495. The van der Waals surface area contributed by atoms with Gasteiger partial charge in [0.05, 0.1) is 24.8 Å². The van der Waals surface area contributed by atoms with Crippen molar-refractivity contribution >= 4 is 5.91 Å². The van der Waals surface area contributed by atoms with Crippen LogP contribution in [0.1, 0.15) is 27.7 Å². The topological polar surface area (TPSA) is 46.5 Å². The third-order valence-electron chi connectivity index (χ3n) is 4.74. The Balaban J connectivity index is 1.69. The monoisotopic (exact) mass is 381 g/mol. The predicted octanol–water partition coefficient (Wildman–Crippen LogP) is 2.85. The van der Waals surface area contributed by atoms with E-state index in [0.717, 1.165) is 30.9 Å². The average molecular weight is 381 g/mol. The Kier molecular flexibility index (Phi) is 5.86. The van der Waals surface area contributed by atoms with Gasteiger partial charge in [0.25, 0.3) is 5.91 Å². The van der Waals surface area contributed by atoms with Gasteiger partial charge in [-0.1, -0.05) is 0 Å². The van der Waals surface area contributed by atoms with Crippen molar-refractivity contribution in [3.63, 3.8) is 0 Å². The van der Waals surface area contributed by atoms with E-state index in [1.165, 1.54) is 12.1 Å². The Hall–Kier alpha value is -2.32. The maximum atomic E-state index is 12.7. The van der Waals surface area contributed by atoms with Crippen LogP contribution < -0.4 is 5.32 Å². The van der Waals surface area contributed by atoms with Crippen molar-refractivity contribution in [2.24, 2.45) is 7.05 Å². The van der Waals surface area contributed by atoms with Gasteiger partial charge in [-0.3, -0.25) is 9.69 Å². The number of rotatable bonds is 5. The summed E-state index contributed by atoms with van der Waals surface area (Å²) in [7, 11) is 1.94. The zero-order chi connectivity index (χ0) is 19.4. The van der Waals surface area contributed by atoms with Crippen LogP contribution in [0.25, 0.3) is 0 Å². The van der Waals surface area contributed by atoms with Crippen LogP contribution in [-0.2, 0) is 18.0 Å². The van der Waals surface area contributed by atoms with Crippen LogP contribution in [0.15, 0.2) is 42.6 Å². The maximum Gasteiger partial charge on any atom is 0.416 e. The summed E-state index contributed by atoms with van der Waals surface area (Å²) in [6.07, 6.45) is -2.47. The molecule has 1 amide bonds. The Bertz CT molecular complexity index is 765. The van der Waals surface area contributed by atoms with Crippen LogP contribution in [0.5, 0.6) is 0 Å². The third kappa shape index (κ3) is 4.70. The summed E-state index contributed by atoms with van der Waals surface area (Å²) >= 11 is 0. The Morgan fingerprint density at radius 2 is 1.85 bits per heavy atom. The van der Waals surface area contributed by atoms with Crippen molar-refractivity contribution in [3.8, 4) is 0 Å². The Morgan fingerprint density at radius 3 is 2.41 bits per heavy atom. The number of benzene rings is 1. The molecule has 1 aromatic carbocycles. The number of ether oxygens (including phenoxy) is 1. The lowest BCUT2D eigenvalue weighted by molar-refractivity contribution is -0.137. The van der Waals surface area contributed by atoms with E-state index in [1.807, 2.05) is 29.9 Å². The summed E-state index contributed by atoms with van der Waals surface area (Å²) in [6.45, 7) is 3.14. The lowest BCUT2D eigenvalue weighted by Gasteiger charge is -2.35. The molecule has 1 aliphatic heterocycles.